The van der Waals surface area contributed by atoms with Crippen LogP contribution in [0.2, 0.25) is 5.02 Å². The molecule has 1 fully saturated rings. The summed E-state index contributed by atoms with van der Waals surface area (Å²) in [5, 5.41) is 8.04. The summed E-state index contributed by atoms with van der Waals surface area (Å²) in [6.45, 7) is 0.638. The third kappa shape index (κ3) is 2.93. The fourth-order valence-electron chi connectivity index (χ4n) is 3.11. The van der Waals surface area contributed by atoms with Gasteiger partial charge in [-0.25, -0.2) is 0 Å². The highest BCUT2D eigenvalue weighted by atomic mass is 35.5. The Hall–Kier alpha value is -1.65. The second-order valence-electron chi connectivity index (χ2n) is 5.98. The molecule has 2 N–H and O–H groups in total. The predicted octanol–water partition coefficient (Wildman–Crippen LogP) is 4.65. The Balaban J connectivity index is 1.66. The number of aliphatic imine (C=N–C) groups is 1. The van der Waals surface area contributed by atoms with Crippen LogP contribution in [0.5, 0.6) is 0 Å². The summed E-state index contributed by atoms with van der Waals surface area (Å²) in [6.07, 6.45) is 1.09. The number of benzene rings is 2. The molecule has 3 nitrogen and oxygen atoms in total. The molecule has 1 atom stereocenters. The summed E-state index contributed by atoms with van der Waals surface area (Å²) < 4.78 is 0. The molecule has 4 rings (SSSR count). The molecule has 0 saturated carbocycles. The van der Waals surface area contributed by atoms with Crippen molar-refractivity contribution in [2.24, 2.45) is 4.99 Å². The molecule has 0 bridgehead atoms. The summed E-state index contributed by atoms with van der Waals surface area (Å²) in [5.41, 5.74) is 3.32. The summed E-state index contributed by atoms with van der Waals surface area (Å²) in [4.78, 5) is 4.90. The smallest absolute Gasteiger partial charge is 0.128 e. The number of amidine groups is 1. The molecule has 0 aromatic heterocycles. The van der Waals surface area contributed by atoms with Gasteiger partial charge in [-0.15, -0.1) is 0 Å². The molecule has 5 heteroatoms. The first-order valence-electron chi connectivity index (χ1n) is 7.77. The van der Waals surface area contributed by atoms with Crippen LogP contribution in [0.25, 0.3) is 0 Å². The van der Waals surface area contributed by atoms with Crippen molar-refractivity contribution >= 4 is 40.6 Å². The van der Waals surface area contributed by atoms with Crippen molar-refractivity contribution in [3.05, 3.63) is 59.1 Å². The van der Waals surface area contributed by atoms with E-state index >= 15 is 0 Å². The van der Waals surface area contributed by atoms with Crippen LogP contribution in [0.3, 0.4) is 0 Å². The number of rotatable bonds is 2. The van der Waals surface area contributed by atoms with E-state index in [0.717, 1.165) is 45.7 Å². The van der Waals surface area contributed by atoms with Crippen molar-refractivity contribution in [2.75, 3.05) is 22.1 Å². The molecule has 0 amide bonds. The first-order valence-corrected chi connectivity index (χ1v) is 9.30. The Morgan fingerprint density at radius 2 is 2.00 bits per heavy atom. The van der Waals surface area contributed by atoms with Crippen LogP contribution < -0.4 is 10.6 Å². The number of halogens is 1. The van der Waals surface area contributed by atoms with E-state index in [1.54, 1.807) is 0 Å². The van der Waals surface area contributed by atoms with Gasteiger partial charge in [0.1, 0.15) is 11.4 Å². The SMILES string of the molecule is Clc1cccc(CN=C2Nc3ccccc3NC23CCSC3)c1. The molecule has 2 aliphatic heterocycles. The molecule has 0 aliphatic carbocycles. The number of fused-ring (bicyclic) bond motifs is 1. The van der Waals surface area contributed by atoms with Crippen molar-refractivity contribution < 1.29 is 0 Å². The van der Waals surface area contributed by atoms with Gasteiger partial charge in [-0.05, 0) is 42.0 Å². The average Bonchev–Trinajstić information content (AvgIpc) is 3.02. The zero-order valence-corrected chi connectivity index (χ0v) is 14.3. The molecule has 23 heavy (non-hydrogen) atoms. The second-order valence-corrected chi connectivity index (χ2v) is 7.52. The van der Waals surface area contributed by atoms with E-state index in [9.17, 15) is 0 Å². The van der Waals surface area contributed by atoms with Gasteiger partial charge in [0.25, 0.3) is 0 Å². The zero-order valence-electron chi connectivity index (χ0n) is 12.7. The van der Waals surface area contributed by atoms with E-state index in [-0.39, 0.29) is 5.54 Å². The van der Waals surface area contributed by atoms with Crippen LogP contribution in [-0.2, 0) is 6.54 Å². The lowest BCUT2D eigenvalue weighted by Gasteiger charge is -2.38. The predicted molar refractivity (Wildman–Crippen MR) is 101 cm³/mol. The number of nitrogens with zero attached hydrogens (tertiary/aromatic N) is 1. The van der Waals surface area contributed by atoms with Crippen molar-refractivity contribution in [3.63, 3.8) is 0 Å². The van der Waals surface area contributed by atoms with Crippen molar-refractivity contribution in [1.82, 2.24) is 0 Å². The number of para-hydroxylation sites is 2. The van der Waals surface area contributed by atoms with Gasteiger partial charge in [0.05, 0.1) is 17.9 Å². The fraction of sp³-hybridized carbons (Fsp3) is 0.278. The minimum absolute atomic E-state index is 0.0718. The minimum Gasteiger partial charge on any atom is -0.370 e. The van der Waals surface area contributed by atoms with Gasteiger partial charge in [0.15, 0.2) is 0 Å². The molecule has 2 aliphatic rings. The highest BCUT2D eigenvalue weighted by Crippen LogP contribution is 2.39. The van der Waals surface area contributed by atoms with Gasteiger partial charge in [-0.3, -0.25) is 4.99 Å². The Bertz CT molecular complexity index is 753. The quantitative estimate of drug-likeness (QED) is 0.833. The number of thioether (sulfide) groups is 1. The maximum absolute atomic E-state index is 6.07. The molecule has 0 radical (unpaired) electrons. The second kappa shape index (κ2) is 6.10. The zero-order chi connectivity index (χ0) is 15.7. The van der Waals surface area contributed by atoms with Crippen LogP contribution in [-0.4, -0.2) is 22.9 Å². The maximum atomic E-state index is 6.07. The van der Waals surface area contributed by atoms with Crippen molar-refractivity contribution in [3.8, 4) is 0 Å². The summed E-state index contributed by atoms with van der Waals surface area (Å²) >= 11 is 8.05. The largest absolute Gasteiger partial charge is 0.370 e. The summed E-state index contributed by atoms with van der Waals surface area (Å²) in [6, 6.07) is 16.2. The van der Waals surface area contributed by atoms with Crippen LogP contribution >= 0.6 is 23.4 Å². The molecule has 118 valence electrons. The van der Waals surface area contributed by atoms with Gasteiger partial charge < -0.3 is 10.6 Å². The Labute approximate surface area is 145 Å². The first kappa shape index (κ1) is 14.9. The van der Waals surface area contributed by atoms with Crippen molar-refractivity contribution in [2.45, 2.75) is 18.5 Å². The van der Waals surface area contributed by atoms with Gasteiger partial charge in [-0.1, -0.05) is 35.9 Å². The van der Waals surface area contributed by atoms with Crippen LogP contribution in [0.15, 0.2) is 53.5 Å². The molecule has 2 heterocycles. The molecule has 2 aromatic rings. The Morgan fingerprint density at radius 1 is 1.13 bits per heavy atom. The molecule has 1 spiro atoms. The number of hydrogen-bond donors (Lipinski definition) is 2. The maximum Gasteiger partial charge on any atom is 0.128 e. The molecule has 1 unspecified atom stereocenters. The summed E-state index contributed by atoms with van der Waals surface area (Å²) in [7, 11) is 0. The minimum atomic E-state index is -0.0718. The topological polar surface area (TPSA) is 36.4 Å². The van der Waals surface area contributed by atoms with E-state index in [1.807, 2.05) is 36.0 Å². The van der Waals surface area contributed by atoms with E-state index < -0.39 is 0 Å². The number of anilines is 2. The third-order valence-electron chi connectivity index (χ3n) is 4.34. The molecular formula is C18H18ClN3S. The average molecular weight is 344 g/mol. The highest BCUT2D eigenvalue weighted by Gasteiger charge is 2.42. The van der Waals surface area contributed by atoms with Gasteiger partial charge >= 0.3 is 0 Å². The monoisotopic (exact) mass is 343 g/mol. The number of hydrogen-bond acceptors (Lipinski definition) is 3. The lowest BCUT2D eigenvalue weighted by molar-refractivity contribution is 0.680. The van der Waals surface area contributed by atoms with Crippen LogP contribution in [0.1, 0.15) is 12.0 Å². The Morgan fingerprint density at radius 3 is 2.78 bits per heavy atom. The third-order valence-corrected chi connectivity index (χ3v) is 5.76. The summed E-state index contributed by atoms with van der Waals surface area (Å²) in [5.74, 6) is 3.25. The van der Waals surface area contributed by atoms with Crippen LogP contribution in [0.4, 0.5) is 11.4 Å². The molecular weight excluding hydrogens is 326 g/mol. The van der Waals surface area contributed by atoms with Gasteiger partial charge in [0.2, 0.25) is 0 Å². The van der Waals surface area contributed by atoms with Gasteiger partial charge in [-0.2, -0.15) is 11.8 Å². The standard InChI is InChI=1S/C18H18ClN3S/c19-14-5-3-4-13(10-14)11-20-17-18(8-9-23-12-18)22-16-7-2-1-6-15(16)21-17/h1-7,10,22H,8-9,11-12H2,(H,20,21). The molecule has 2 aromatic carbocycles. The number of nitrogens with one attached hydrogen (secondary N) is 2. The van der Waals surface area contributed by atoms with E-state index in [0.29, 0.717) is 6.54 Å². The highest BCUT2D eigenvalue weighted by molar-refractivity contribution is 7.99. The van der Waals surface area contributed by atoms with E-state index in [2.05, 4.69) is 34.9 Å². The lowest BCUT2D eigenvalue weighted by Crippen LogP contribution is -2.52. The van der Waals surface area contributed by atoms with Crippen molar-refractivity contribution in [1.29, 1.82) is 0 Å². The lowest BCUT2D eigenvalue weighted by atomic mass is 9.93. The first-order chi connectivity index (χ1) is 11.3. The fourth-order valence-corrected chi connectivity index (χ4v) is 4.66. The van der Waals surface area contributed by atoms with Gasteiger partial charge in [0, 0.05) is 10.8 Å². The normalized spacial score (nSPS) is 24.3. The van der Waals surface area contributed by atoms with E-state index in [1.165, 1.54) is 0 Å². The van der Waals surface area contributed by atoms with Crippen LogP contribution in [0, 0.1) is 0 Å². The van der Waals surface area contributed by atoms with E-state index in [4.69, 9.17) is 16.6 Å². The molecule has 1 saturated heterocycles. The Kier molecular flexibility index (Phi) is 3.95.